The second kappa shape index (κ2) is 14.8. The summed E-state index contributed by atoms with van der Waals surface area (Å²) in [5.41, 5.74) is 9.09. The highest BCUT2D eigenvalue weighted by atomic mass is 28.3. The summed E-state index contributed by atoms with van der Waals surface area (Å²) in [4.78, 5) is 18.0. The Morgan fingerprint density at radius 2 is 1.77 bits per heavy atom. The van der Waals surface area contributed by atoms with E-state index in [2.05, 4.69) is 67.9 Å². The van der Waals surface area contributed by atoms with E-state index >= 15 is 13.2 Å². The largest absolute Gasteiger partial charge is 0.461 e. The van der Waals surface area contributed by atoms with Crippen molar-refractivity contribution in [1.29, 1.82) is 0 Å². The van der Waals surface area contributed by atoms with E-state index in [9.17, 15) is 7.13 Å². The molecule has 0 amide bonds. The molecule has 2 aromatic heterocycles. The Kier molecular flexibility index (Phi) is 9.60. The van der Waals surface area contributed by atoms with Gasteiger partial charge in [0.05, 0.1) is 19.2 Å². The van der Waals surface area contributed by atoms with Crippen molar-refractivity contribution in [2.45, 2.75) is 127 Å². The number of hydrogen-bond acceptors (Lipinski definition) is 7. The van der Waals surface area contributed by atoms with E-state index in [0.29, 0.717) is 43.1 Å². The lowest BCUT2D eigenvalue weighted by Crippen LogP contribution is -2.43. The predicted octanol–water partition coefficient (Wildman–Crippen LogP) is 10.1. The second-order valence-electron chi connectivity index (χ2n) is 17.6. The molecule has 2 N–H and O–H groups in total. The van der Waals surface area contributed by atoms with Gasteiger partial charge >= 0.3 is 6.01 Å². The molecular weight excluding hydrogens is 733 g/mol. The Morgan fingerprint density at radius 1 is 1.00 bits per heavy atom. The van der Waals surface area contributed by atoms with E-state index in [-0.39, 0.29) is 80.4 Å². The highest BCUT2D eigenvalue weighted by Gasteiger charge is 2.50. The quantitative estimate of drug-likeness (QED) is 0.0824. The van der Waals surface area contributed by atoms with E-state index in [1.165, 1.54) is 18.3 Å². The zero-order chi connectivity index (χ0) is 41.5. The van der Waals surface area contributed by atoms with Gasteiger partial charge in [-0.1, -0.05) is 60.3 Å². The first-order chi connectivity index (χ1) is 27.5. The van der Waals surface area contributed by atoms with Crippen molar-refractivity contribution in [3.8, 4) is 28.7 Å². The number of alkyl halides is 1. The molecular formula is C44H54F4N6OSi. The molecule has 4 atom stereocenters. The molecule has 0 spiro atoms. The van der Waals surface area contributed by atoms with Crippen molar-refractivity contribution in [1.82, 2.24) is 19.9 Å². The Labute approximate surface area is 331 Å². The number of fused-ring (bicyclic) bond motifs is 4. The van der Waals surface area contributed by atoms with Crippen molar-refractivity contribution >= 4 is 41.3 Å². The number of halogens is 4. The van der Waals surface area contributed by atoms with Crippen LogP contribution in [0.15, 0.2) is 24.4 Å². The van der Waals surface area contributed by atoms with Crippen LogP contribution >= 0.6 is 0 Å². The number of nitrogen functional groups attached to an aromatic ring is 1. The number of nitrogens with zero attached hydrogens (tertiary/aromatic N) is 5. The van der Waals surface area contributed by atoms with Crippen LogP contribution in [0, 0.1) is 34.8 Å². The number of anilines is 2. The summed E-state index contributed by atoms with van der Waals surface area (Å²) in [5, 5.41) is 0.743. The van der Waals surface area contributed by atoms with Gasteiger partial charge in [0, 0.05) is 48.4 Å². The van der Waals surface area contributed by atoms with Gasteiger partial charge in [0.1, 0.15) is 37.8 Å². The second-order valence-corrected chi connectivity index (χ2v) is 23.1. The van der Waals surface area contributed by atoms with E-state index in [1.54, 1.807) is 0 Å². The minimum Gasteiger partial charge on any atom is -0.461 e. The molecule has 0 bridgehead atoms. The summed E-state index contributed by atoms with van der Waals surface area (Å²) < 4.78 is 88.6. The molecule has 3 aliphatic heterocycles. The standard InChI is InChI=1S/C44H54F4N6OSi/c1-25(2)56(26(3)4,27(5)6)16-12-32-37-29(18-35(46)38(32)47)17-31(49)20-33(37)40-39(48)41-34(22-50-40)42(54-15-9-7-8-11-28-19-36(28)54)52-43(51-41)55-24-44-13-10-14-53(44)23-30(45)21-44/h17-18,20,22,25-28,30,36H,7-11,13-15,19,21,23-24,49H2,1-6H3/t28?,30-,36?,44+/m1/s1/i24D2. The fourth-order valence-corrected chi connectivity index (χ4v) is 15.7. The van der Waals surface area contributed by atoms with Crippen molar-refractivity contribution in [2.24, 2.45) is 5.92 Å². The molecule has 2 unspecified atom stereocenters. The molecule has 298 valence electrons. The Balaban J connectivity index is 1.34. The Morgan fingerprint density at radius 3 is 2.52 bits per heavy atom. The van der Waals surface area contributed by atoms with E-state index < -0.39 is 43.8 Å². The van der Waals surface area contributed by atoms with Crippen molar-refractivity contribution in [3.05, 3.63) is 47.4 Å². The number of ether oxygens (including phenoxy) is 1. The maximum atomic E-state index is 17.6. The molecule has 12 heteroatoms. The number of benzene rings is 2. The molecule has 4 fully saturated rings. The molecule has 4 aromatic rings. The number of nitrogens with two attached hydrogens (primary N) is 1. The zero-order valence-electron chi connectivity index (χ0n) is 35.3. The van der Waals surface area contributed by atoms with Crippen LogP contribution in [0.4, 0.5) is 29.1 Å². The third-order valence-electron chi connectivity index (χ3n) is 13.3. The minimum atomic E-state index is -2.43. The third-order valence-corrected chi connectivity index (χ3v) is 19.6. The van der Waals surface area contributed by atoms with Crippen LogP contribution in [0.25, 0.3) is 32.9 Å². The van der Waals surface area contributed by atoms with Gasteiger partial charge in [-0.05, 0) is 84.8 Å². The summed E-state index contributed by atoms with van der Waals surface area (Å²) in [6, 6.07) is 3.87. The lowest BCUT2D eigenvalue weighted by atomic mass is 9.95. The number of hydrogen-bond donors (Lipinski definition) is 1. The van der Waals surface area contributed by atoms with Gasteiger partial charge in [0.25, 0.3) is 0 Å². The van der Waals surface area contributed by atoms with Crippen LogP contribution in [0.5, 0.6) is 6.01 Å². The molecule has 5 heterocycles. The fourth-order valence-electron chi connectivity index (χ4n) is 10.5. The monoisotopic (exact) mass is 788 g/mol. The SMILES string of the molecule is [2H]C([2H])(Oc1nc(N2CCCCCC3CC32)c2cnc(-c3cc(N)cc4cc(F)c(F)c(C#C[Si](C(C)C)(C(C)C)C(C)C)c34)c(F)c2n1)[C@@]12CCCN1C[C@H](F)C2. The molecule has 0 radical (unpaired) electrons. The number of rotatable bonds is 8. The molecule has 2 aromatic carbocycles. The molecule has 3 saturated heterocycles. The molecule has 56 heavy (non-hydrogen) atoms. The molecule has 8 rings (SSSR count). The van der Waals surface area contributed by atoms with Crippen LogP contribution in [0.3, 0.4) is 0 Å². The molecule has 1 aliphatic carbocycles. The van der Waals surface area contributed by atoms with Crippen molar-refractivity contribution < 1.29 is 25.0 Å². The smallest absolute Gasteiger partial charge is 0.319 e. The van der Waals surface area contributed by atoms with Gasteiger partial charge < -0.3 is 15.4 Å². The van der Waals surface area contributed by atoms with Gasteiger partial charge in [-0.15, -0.1) is 5.54 Å². The maximum absolute atomic E-state index is 17.6. The molecule has 4 aliphatic rings. The van der Waals surface area contributed by atoms with Gasteiger partial charge in [0.15, 0.2) is 17.5 Å². The van der Waals surface area contributed by atoms with Gasteiger partial charge in [-0.25, -0.2) is 17.6 Å². The third kappa shape index (κ3) is 6.60. The van der Waals surface area contributed by atoms with Crippen LogP contribution in [-0.2, 0) is 0 Å². The van der Waals surface area contributed by atoms with Gasteiger partial charge in [-0.2, -0.15) is 9.97 Å². The topological polar surface area (TPSA) is 80.4 Å². The summed E-state index contributed by atoms with van der Waals surface area (Å²) in [6.45, 7) is 11.7. The molecule has 1 saturated carbocycles. The lowest BCUT2D eigenvalue weighted by molar-refractivity contribution is 0.107. The summed E-state index contributed by atoms with van der Waals surface area (Å²) in [7, 11) is -2.43. The van der Waals surface area contributed by atoms with Crippen LogP contribution in [0.1, 0.15) is 101 Å². The highest BCUT2D eigenvalue weighted by Crippen LogP contribution is 2.47. The van der Waals surface area contributed by atoms with Crippen molar-refractivity contribution in [2.75, 3.05) is 36.8 Å². The van der Waals surface area contributed by atoms with E-state index in [0.717, 1.165) is 38.2 Å². The van der Waals surface area contributed by atoms with E-state index in [4.69, 9.17) is 15.5 Å². The van der Waals surface area contributed by atoms with Crippen LogP contribution in [0.2, 0.25) is 16.6 Å². The minimum absolute atomic E-state index is 0.0290. The first-order valence-electron chi connectivity index (χ1n) is 21.4. The van der Waals surface area contributed by atoms with Gasteiger partial charge in [0.2, 0.25) is 0 Å². The maximum Gasteiger partial charge on any atom is 0.319 e. The van der Waals surface area contributed by atoms with Crippen LogP contribution in [-0.4, -0.2) is 71.9 Å². The van der Waals surface area contributed by atoms with Crippen molar-refractivity contribution in [3.63, 3.8) is 0 Å². The summed E-state index contributed by atoms with van der Waals surface area (Å²) in [5.74, 6) is 0.865. The summed E-state index contributed by atoms with van der Waals surface area (Å²) >= 11 is 0. The van der Waals surface area contributed by atoms with Crippen LogP contribution < -0.4 is 15.4 Å². The first kappa shape index (κ1) is 36.4. The predicted molar refractivity (Wildman–Crippen MR) is 219 cm³/mol. The van der Waals surface area contributed by atoms with E-state index in [1.807, 2.05) is 4.90 Å². The average molecular weight is 789 g/mol. The zero-order valence-corrected chi connectivity index (χ0v) is 34.3. The lowest BCUT2D eigenvalue weighted by Gasteiger charge is -2.38. The average Bonchev–Trinajstić information content (AvgIpc) is 3.62. The normalized spacial score (nSPS) is 24.9. The Bertz CT molecular complexity index is 2310. The first-order valence-corrected chi connectivity index (χ1v) is 22.7. The number of pyridine rings is 1. The molecule has 7 nitrogen and oxygen atoms in total. The van der Waals surface area contributed by atoms with Gasteiger partial charge in [-0.3, -0.25) is 9.88 Å². The Hall–Kier alpha value is -3.95. The fraction of sp³-hybridized carbons (Fsp3) is 0.568. The summed E-state index contributed by atoms with van der Waals surface area (Å²) in [6.07, 6.45) is 6.47. The highest BCUT2D eigenvalue weighted by molar-refractivity contribution is 6.90. The number of aromatic nitrogens is 3.